The van der Waals surface area contributed by atoms with Gasteiger partial charge in [-0.05, 0) is 24.1 Å². The molecule has 0 spiro atoms. The Balaban J connectivity index is 1.90. The van der Waals surface area contributed by atoms with Crippen molar-refractivity contribution in [2.45, 2.75) is 19.1 Å². The second kappa shape index (κ2) is 10.3. The van der Waals surface area contributed by atoms with Crippen molar-refractivity contribution in [2.75, 3.05) is 40.0 Å². The van der Waals surface area contributed by atoms with Gasteiger partial charge in [-0.25, -0.2) is 9.18 Å². The minimum absolute atomic E-state index is 0.239. The molecule has 156 valence electrons. The molecule has 7 heteroatoms. The fourth-order valence-electron chi connectivity index (χ4n) is 3.47. The molecule has 1 fully saturated rings. The fourth-order valence-corrected chi connectivity index (χ4v) is 3.47. The van der Waals surface area contributed by atoms with Crippen LogP contribution in [-0.4, -0.2) is 52.2 Å². The molecule has 1 aliphatic rings. The molecule has 0 aliphatic carbocycles. The molecular weight excluding hydrogens is 375 g/mol. The van der Waals surface area contributed by atoms with E-state index in [-0.39, 0.29) is 25.1 Å². The Labute approximate surface area is 170 Å². The highest BCUT2D eigenvalue weighted by Crippen LogP contribution is 2.35. The second-order valence-electron chi connectivity index (χ2n) is 6.90. The molecule has 0 radical (unpaired) electrons. The van der Waals surface area contributed by atoms with Gasteiger partial charge in [0.05, 0.1) is 20.3 Å². The smallest absolute Gasteiger partial charge is 0.406 e. The molecule has 6 nitrogen and oxygen atoms in total. The van der Waals surface area contributed by atoms with Crippen molar-refractivity contribution < 1.29 is 23.4 Å². The summed E-state index contributed by atoms with van der Waals surface area (Å²) < 4.78 is 31.6. The van der Waals surface area contributed by atoms with Crippen LogP contribution in [0.1, 0.15) is 17.2 Å². The molecular formula is C22H27FN2O4. The van der Waals surface area contributed by atoms with E-state index in [0.717, 1.165) is 23.2 Å². The Kier molecular flexibility index (Phi) is 7.57. The number of halogens is 1. The zero-order chi connectivity index (χ0) is 20.6. The number of hydrogen-bond acceptors (Lipinski definition) is 5. The van der Waals surface area contributed by atoms with Gasteiger partial charge in [0.15, 0.2) is 0 Å². The lowest BCUT2D eigenvalue weighted by atomic mass is 9.92. The van der Waals surface area contributed by atoms with E-state index >= 15 is 0 Å². The maximum atomic E-state index is 14.9. The maximum Gasteiger partial charge on any atom is 0.406 e. The predicted octanol–water partition coefficient (Wildman–Crippen LogP) is 3.20. The Morgan fingerprint density at radius 3 is 2.90 bits per heavy atom. The van der Waals surface area contributed by atoms with E-state index in [1.54, 1.807) is 6.07 Å². The molecule has 2 N–H and O–H groups in total. The van der Waals surface area contributed by atoms with Crippen molar-refractivity contribution in [3.63, 3.8) is 0 Å². The normalized spacial score (nSPS) is 17.6. The van der Waals surface area contributed by atoms with E-state index < -0.39 is 12.2 Å². The number of rotatable bonds is 7. The van der Waals surface area contributed by atoms with Gasteiger partial charge in [0.25, 0.3) is 0 Å². The van der Waals surface area contributed by atoms with Crippen LogP contribution in [-0.2, 0) is 14.2 Å². The SMILES string of the molecule is COC(=O)NCCO[C@@H](c1cccc(F)c1-c1cccc(C)c1)C1CNCCO1. The van der Waals surface area contributed by atoms with Gasteiger partial charge in [-0.2, -0.15) is 0 Å². The molecule has 2 aromatic rings. The van der Waals surface area contributed by atoms with Crippen molar-refractivity contribution in [3.8, 4) is 11.1 Å². The molecule has 0 aromatic heterocycles. The van der Waals surface area contributed by atoms with Gasteiger partial charge in [0, 0.05) is 25.2 Å². The average molecular weight is 402 g/mol. The van der Waals surface area contributed by atoms with Crippen LogP contribution in [0.2, 0.25) is 0 Å². The van der Waals surface area contributed by atoms with Crippen molar-refractivity contribution in [1.82, 2.24) is 10.6 Å². The van der Waals surface area contributed by atoms with Gasteiger partial charge in [-0.15, -0.1) is 0 Å². The van der Waals surface area contributed by atoms with Gasteiger partial charge in [-0.1, -0.05) is 42.0 Å². The summed E-state index contributed by atoms with van der Waals surface area (Å²) in [6, 6.07) is 12.8. The number of morpholine rings is 1. The van der Waals surface area contributed by atoms with Crippen LogP contribution in [0.4, 0.5) is 9.18 Å². The fraction of sp³-hybridized carbons (Fsp3) is 0.409. The van der Waals surface area contributed by atoms with Crippen molar-refractivity contribution >= 4 is 6.09 Å². The van der Waals surface area contributed by atoms with Crippen LogP contribution in [0, 0.1) is 12.7 Å². The number of hydrogen-bond donors (Lipinski definition) is 2. The van der Waals surface area contributed by atoms with Crippen LogP contribution >= 0.6 is 0 Å². The van der Waals surface area contributed by atoms with Crippen LogP contribution in [0.25, 0.3) is 11.1 Å². The van der Waals surface area contributed by atoms with Crippen molar-refractivity contribution in [1.29, 1.82) is 0 Å². The Morgan fingerprint density at radius 1 is 1.34 bits per heavy atom. The number of alkyl carbamates (subject to hydrolysis) is 1. The Morgan fingerprint density at radius 2 is 2.17 bits per heavy atom. The number of benzene rings is 2. The number of nitrogens with one attached hydrogen (secondary N) is 2. The molecule has 1 amide bonds. The Bertz CT molecular complexity index is 824. The third-order valence-electron chi connectivity index (χ3n) is 4.81. The van der Waals surface area contributed by atoms with E-state index in [1.165, 1.54) is 13.2 Å². The van der Waals surface area contributed by atoms with Crippen LogP contribution in [0.3, 0.4) is 0 Å². The van der Waals surface area contributed by atoms with Crippen LogP contribution in [0.15, 0.2) is 42.5 Å². The highest BCUT2D eigenvalue weighted by molar-refractivity contribution is 5.69. The molecule has 1 saturated heterocycles. The number of carbonyl (C=O) groups is 1. The van der Waals surface area contributed by atoms with E-state index in [2.05, 4.69) is 15.4 Å². The summed E-state index contributed by atoms with van der Waals surface area (Å²) >= 11 is 0. The zero-order valence-corrected chi connectivity index (χ0v) is 16.7. The third kappa shape index (κ3) is 5.53. The topological polar surface area (TPSA) is 68.8 Å². The summed E-state index contributed by atoms with van der Waals surface area (Å²) in [6.07, 6.45) is -1.28. The molecule has 29 heavy (non-hydrogen) atoms. The van der Waals surface area contributed by atoms with E-state index in [9.17, 15) is 9.18 Å². The monoisotopic (exact) mass is 402 g/mol. The van der Waals surface area contributed by atoms with Crippen molar-refractivity contribution in [2.24, 2.45) is 0 Å². The van der Waals surface area contributed by atoms with Gasteiger partial charge < -0.3 is 24.8 Å². The first-order chi connectivity index (χ1) is 14.1. The minimum atomic E-state index is -0.521. The molecule has 0 bridgehead atoms. The largest absolute Gasteiger partial charge is 0.453 e. The first-order valence-corrected chi connectivity index (χ1v) is 9.71. The Hall–Kier alpha value is -2.48. The molecule has 1 unspecified atom stereocenters. The summed E-state index contributed by atoms with van der Waals surface area (Å²) in [4.78, 5) is 11.3. The summed E-state index contributed by atoms with van der Waals surface area (Å²) in [6.45, 7) is 4.41. The molecule has 1 heterocycles. The number of ether oxygens (including phenoxy) is 3. The highest BCUT2D eigenvalue weighted by atomic mass is 19.1. The quantitative estimate of drug-likeness (QED) is 0.696. The van der Waals surface area contributed by atoms with Gasteiger partial charge in [0.1, 0.15) is 18.0 Å². The number of amides is 1. The lowest BCUT2D eigenvalue weighted by molar-refractivity contribution is -0.0851. The molecule has 2 aromatic carbocycles. The summed E-state index contributed by atoms with van der Waals surface area (Å²) in [5.41, 5.74) is 3.08. The number of aryl methyl sites for hydroxylation is 1. The summed E-state index contributed by atoms with van der Waals surface area (Å²) in [5, 5.41) is 5.89. The summed E-state index contributed by atoms with van der Waals surface area (Å²) in [5.74, 6) is -0.307. The standard InChI is InChI=1S/C22H27FN2O4/c1-15-5-3-6-16(13-15)20-17(7-4-8-18(20)23)21(19-14-24-9-11-28-19)29-12-10-25-22(26)27-2/h3-8,13,19,21,24H,9-12,14H2,1-2H3,(H,25,26)/t19?,21-/m0/s1. The van der Waals surface area contributed by atoms with E-state index in [1.807, 2.05) is 37.3 Å². The van der Waals surface area contributed by atoms with Crippen LogP contribution in [0.5, 0.6) is 0 Å². The summed E-state index contributed by atoms with van der Waals surface area (Å²) in [7, 11) is 1.31. The lowest BCUT2D eigenvalue weighted by Crippen LogP contribution is -2.43. The lowest BCUT2D eigenvalue weighted by Gasteiger charge is -2.32. The molecule has 2 atom stereocenters. The minimum Gasteiger partial charge on any atom is -0.453 e. The van der Waals surface area contributed by atoms with Gasteiger partial charge in [0.2, 0.25) is 0 Å². The van der Waals surface area contributed by atoms with E-state index in [4.69, 9.17) is 9.47 Å². The van der Waals surface area contributed by atoms with Crippen molar-refractivity contribution in [3.05, 3.63) is 59.4 Å². The highest BCUT2D eigenvalue weighted by Gasteiger charge is 2.30. The maximum absolute atomic E-state index is 14.9. The van der Waals surface area contributed by atoms with Crippen LogP contribution < -0.4 is 10.6 Å². The third-order valence-corrected chi connectivity index (χ3v) is 4.81. The number of methoxy groups -OCH3 is 1. The second-order valence-corrected chi connectivity index (χ2v) is 6.90. The average Bonchev–Trinajstić information content (AvgIpc) is 2.74. The zero-order valence-electron chi connectivity index (χ0n) is 16.7. The molecule has 1 aliphatic heterocycles. The van der Waals surface area contributed by atoms with Gasteiger partial charge >= 0.3 is 6.09 Å². The first kappa shape index (κ1) is 21.2. The van der Waals surface area contributed by atoms with Gasteiger partial charge in [-0.3, -0.25) is 0 Å². The van der Waals surface area contributed by atoms with E-state index in [0.29, 0.717) is 18.7 Å². The molecule has 3 rings (SSSR count). The molecule has 0 saturated carbocycles. The number of carbonyl (C=O) groups excluding carboxylic acids is 1. The first-order valence-electron chi connectivity index (χ1n) is 9.71. The predicted molar refractivity (Wildman–Crippen MR) is 108 cm³/mol.